The molecule has 0 aliphatic carbocycles. The van der Waals surface area contributed by atoms with Gasteiger partial charge < -0.3 is 44.0 Å². The van der Waals surface area contributed by atoms with Crippen molar-refractivity contribution in [2.75, 3.05) is 0 Å². The summed E-state index contributed by atoms with van der Waals surface area (Å²) in [7, 11) is 0. The number of carbonyl (C=O) groups excluding carboxylic acids is 6. The van der Waals surface area contributed by atoms with Crippen LogP contribution in [0.3, 0.4) is 0 Å². The molecule has 1 aromatic carbocycles. The van der Waals surface area contributed by atoms with Crippen LogP contribution in [0.4, 0.5) is 0 Å². The van der Waals surface area contributed by atoms with Crippen molar-refractivity contribution in [3.63, 3.8) is 0 Å². The molecule has 12 N–H and O–H groups in total. The first-order chi connectivity index (χ1) is 17.3. The molecule has 0 aliphatic rings. The first kappa shape index (κ1) is 30.5. The van der Waals surface area contributed by atoms with Crippen LogP contribution >= 0.6 is 0 Å². The lowest BCUT2D eigenvalue weighted by atomic mass is 10.0. The van der Waals surface area contributed by atoms with E-state index < -0.39 is 78.4 Å². The van der Waals surface area contributed by atoms with E-state index in [0.29, 0.717) is 5.56 Å². The zero-order valence-corrected chi connectivity index (χ0v) is 19.8. The normalized spacial score (nSPS) is 13.8. The highest BCUT2D eigenvalue weighted by molar-refractivity contribution is 5.96. The Balaban J connectivity index is 3.04. The summed E-state index contributed by atoms with van der Waals surface area (Å²) in [6.07, 6.45) is -1.98. The van der Waals surface area contributed by atoms with Gasteiger partial charge in [0.05, 0.1) is 18.9 Å². The molecule has 15 heteroatoms. The third kappa shape index (κ3) is 11.6. The second-order valence-corrected chi connectivity index (χ2v) is 8.16. The summed E-state index contributed by atoms with van der Waals surface area (Å²) >= 11 is 0. The van der Waals surface area contributed by atoms with Crippen LogP contribution in [0, 0.1) is 0 Å². The highest BCUT2D eigenvalue weighted by Gasteiger charge is 2.31. The third-order valence-electron chi connectivity index (χ3n) is 5.01. The van der Waals surface area contributed by atoms with Crippen molar-refractivity contribution in [3.05, 3.63) is 35.9 Å². The molecular formula is C22H31N7O8. The van der Waals surface area contributed by atoms with Gasteiger partial charge in [-0.2, -0.15) is 0 Å². The molecule has 37 heavy (non-hydrogen) atoms. The third-order valence-corrected chi connectivity index (χ3v) is 5.01. The Hall–Kier alpha value is -4.53. The molecule has 0 saturated heterocycles. The van der Waals surface area contributed by atoms with Crippen molar-refractivity contribution in [1.29, 1.82) is 0 Å². The number of carboxylic acids is 1. The summed E-state index contributed by atoms with van der Waals surface area (Å²) in [5, 5.41) is 16.2. The fourth-order valence-electron chi connectivity index (χ4n) is 3.15. The first-order valence-electron chi connectivity index (χ1n) is 11.1. The van der Waals surface area contributed by atoms with Gasteiger partial charge in [-0.3, -0.25) is 28.8 Å². The van der Waals surface area contributed by atoms with Gasteiger partial charge in [-0.15, -0.1) is 0 Å². The number of carboxylic acid groups (broad SMARTS) is 1. The lowest BCUT2D eigenvalue weighted by molar-refractivity contribution is -0.142. The Morgan fingerprint density at radius 1 is 0.703 bits per heavy atom. The number of primary amides is 3. The van der Waals surface area contributed by atoms with Gasteiger partial charge >= 0.3 is 5.97 Å². The van der Waals surface area contributed by atoms with Gasteiger partial charge in [-0.25, -0.2) is 4.79 Å². The van der Waals surface area contributed by atoms with E-state index in [4.69, 9.17) is 22.9 Å². The SMILES string of the molecule is NC(=O)CCC(NC(=O)C(N)CC(N)=O)C(=O)NC(CC(N)=O)C(=O)NC(Cc1ccccc1)C(=O)O. The van der Waals surface area contributed by atoms with E-state index in [1.807, 2.05) is 0 Å². The fourth-order valence-corrected chi connectivity index (χ4v) is 3.15. The van der Waals surface area contributed by atoms with Crippen LogP contribution in [0.2, 0.25) is 0 Å². The Bertz CT molecular complexity index is 1020. The van der Waals surface area contributed by atoms with Crippen molar-refractivity contribution < 1.29 is 38.7 Å². The zero-order valence-electron chi connectivity index (χ0n) is 19.8. The second kappa shape index (κ2) is 14.8. The van der Waals surface area contributed by atoms with E-state index in [1.54, 1.807) is 30.3 Å². The number of rotatable bonds is 16. The molecule has 0 heterocycles. The molecular weight excluding hydrogens is 490 g/mol. The summed E-state index contributed by atoms with van der Waals surface area (Å²) in [4.78, 5) is 83.5. The maximum Gasteiger partial charge on any atom is 0.326 e. The molecule has 4 unspecified atom stereocenters. The van der Waals surface area contributed by atoms with Crippen LogP contribution in [0.15, 0.2) is 30.3 Å². The molecule has 15 nitrogen and oxygen atoms in total. The summed E-state index contributed by atoms with van der Waals surface area (Å²) in [6.45, 7) is 0. The molecule has 0 radical (unpaired) electrons. The standard InChI is InChI=1S/C22H31N7O8/c23-12(9-17(25)31)19(33)27-13(6-7-16(24)30)20(34)28-14(10-18(26)32)21(35)29-15(22(36)37)8-11-4-2-1-3-5-11/h1-5,12-15H,6-10,23H2,(H2,24,30)(H2,25,31)(H2,26,32)(H,27,33)(H,28,34)(H,29,35)(H,36,37). The predicted molar refractivity (Wildman–Crippen MR) is 128 cm³/mol. The average Bonchev–Trinajstić information content (AvgIpc) is 2.80. The van der Waals surface area contributed by atoms with E-state index in [2.05, 4.69) is 16.0 Å². The molecule has 0 aromatic heterocycles. The van der Waals surface area contributed by atoms with Crippen molar-refractivity contribution in [3.8, 4) is 0 Å². The van der Waals surface area contributed by atoms with Gasteiger partial charge in [0.2, 0.25) is 35.4 Å². The fraction of sp³-hybridized carbons (Fsp3) is 0.409. The number of hydrogen-bond acceptors (Lipinski definition) is 8. The number of benzene rings is 1. The van der Waals surface area contributed by atoms with Crippen LogP contribution in [0.5, 0.6) is 0 Å². The maximum absolute atomic E-state index is 12.9. The van der Waals surface area contributed by atoms with E-state index in [9.17, 15) is 38.7 Å². The van der Waals surface area contributed by atoms with Crippen molar-refractivity contribution in [1.82, 2.24) is 16.0 Å². The molecule has 6 amide bonds. The van der Waals surface area contributed by atoms with Crippen molar-refractivity contribution >= 4 is 41.4 Å². The minimum atomic E-state index is -1.62. The largest absolute Gasteiger partial charge is 0.480 e. The topological polar surface area (TPSA) is 280 Å². The lowest BCUT2D eigenvalue weighted by Gasteiger charge is -2.24. The second-order valence-electron chi connectivity index (χ2n) is 8.16. The van der Waals surface area contributed by atoms with Gasteiger partial charge in [0.1, 0.15) is 18.1 Å². The van der Waals surface area contributed by atoms with E-state index in [1.165, 1.54) is 0 Å². The van der Waals surface area contributed by atoms with Gasteiger partial charge in [-0.05, 0) is 12.0 Å². The molecule has 0 saturated carbocycles. The molecule has 0 spiro atoms. The predicted octanol–water partition coefficient (Wildman–Crippen LogP) is -3.89. The van der Waals surface area contributed by atoms with E-state index in [-0.39, 0.29) is 19.3 Å². The van der Waals surface area contributed by atoms with Crippen LogP contribution in [0.25, 0.3) is 0 Å². The van der Waals surface area contributed by atoms with Crippen LogP contribution in [-0.2, 0) is 40.0 Å². The number of aliphatic carboxylic acids is 1. The Morgan fingerprint density at radius 2 is 1.22 bits per heavy atom. The first-order valence-corrected chi connectivity index (χ1v) is 11.1. The summed E-state index contributed by atoms with van der Waals surface area (Å²) in [5.74, 6) is -7.02. The highest BCUT2D eigenvalue weighted by atomic mass is 16.4. The Labute approximate surface area is 211 Å². The average molecular weight is 522 g/mol. The number of amides is 6. The Morgan fingerprint density at radius 3 is 1.73 bits per heavy atom. The minimum absolute atomic E-state index is 0.0891. The van der Waals surface area contributed by atoms with Gasteiger partial charge in [0.25, 0.3) is 0 Å². The maximum atomic E-state index is 12.9. The molecule has 0 bridgehead atoms. The number of nitrogens with two attached hydrogens (primary N) is 4. The smallest absolute Gasteiger partial charge is 0.326 e. The van der Waals surface area contributed by atoms with Gasteiger partial charge in [-0.1, -0.05) is 30.3 Å². The molecule has 4 atom stereocenters. The van der Waals surface area contributed by atoms with E-state index >= 15 is 0 Å². The van der Waals surface area contributed by atoms with Crippen LogP contribution in [0.1, 0.15) is 31.2 Å². The van der Waals surface area contributed by atoms with Gasteiger partial charge in [0, 0.05) is 12.8 Å². The van der Waals surface area contributed by atoms with Crippen LogP contribution in [-0.4, -0.2) is 70.7 Å². The quantitative estimate of drug-likeness (QED) is 0.105. The number of nitrogens with one attached hydrogen (secondary N) is 3. The monoisotopic (exact) mass is 521 g/mol. The molecule has 0 fully saturated rings. The molecule has 202 valence electrons. The number of hydrogen-bond donors (Lipinski definition) is 8. The summed E-state index contributed by atoms with van der Waals surface area (Å²) < 4.78 is 0. The minimum Gasteiger partial charge on any atom is -0.480 e. The lowest BCUT2D eigenvalue weighted by Crippen LogP contribution is -2.58. The van der Waals surface area contributed by atoms with E-state index in [0.717, 1.165) is 0 Å². The highest BCUT2D eigenvalue weighted by Crippen LogP contribution is 2.06. The van der Waals surface area contributed by atoms with Crippen molar-refractivity contribution in [2.45, 2.75) is 56.3 Å². The summed E-state index contributed by atoms with van der Waals surface area (Å²) in [6, 6.07) is 2.52. The molecule has 1 aromatic rings. The number of carbonyl (C=O) groups is 7. The Kier molecular flexibility index (Phi) is 12.2. The van der Waals surface area contributed by atoms with Crippen molar-refractivity contribution in [2.24, 2.45) is 22.9 Å². The zero-order chi connectivity index (χ0) is 28.1. The summed E-state index contributed by atoms with van der Waals surface area (Å²) in [5.41, 5.74) is 21.5. The molecule has 0 aliphatic heterocycles. The molecule has 1 rings (SSSR count). The van der Waals surface area contributed by atoms with Crippen LogP contribution < -0.4 is 38.9 Å². The van der Waals surface area contributed by atoms with Gasteiger partial charge in [0.15, 0.2) is 0 Å².